The van der Waals surface area contributed by atoms with Crippen molar-refractivity contribution in [1.82, 2.24) is 15.2 Å². The van der Waals surface area contributed by atoms with E-state index in [-0.39, 0.29) is 23.0 Å². The Balaban J connectivity index is 1.80. The fourth-order valence-electron chi connectivity index (χ4n) is 3.78. The maximum absolute atomic E-state index is 9.46. The van der Waals surface area contributed by atoms with Crippen LogP contribution in [0.5, 0.6) is 0 Å². The van der Waals surface area contributed by atoms with E-state index >= 15 is 0 Å². The molecule has 0 radical (unpaired) electrons. The molecule has 0 saturated carbocycles. The average molecular weight is 402 g/mol. The van der Waals surface area contributed by atoms with Crippen molar-refractivity contribution >= 4 is 29.0 Å². The molecule has 0 aliphatic carbocycles. The SMILES string of the molecule is CN1CCN(c2cccc(C3N=C(NC#N)Nc4nc(N)c(C#N)c(N)c43)c2)CC1. The second kappa shape index (κ2) is 7.78. The van der Waals surface area contributed by atoms with E-state index in [2.05, 4.69) is 49.6 Å². The van der Waals surface area contributed by atoms with E-state index in [0.717, 1.165) is 37.4 Å². The van der Waals surface area contributed by atoms with Crippen LogP contribution in [0.1, 0.15) is 22.7 Å². The van der Waals surface area contributed by atoms with E-state index in [1.54, 1.807) is 0 Å². The van der Waals surface area contributed by atoms with Crippen molar-refractivity contribution in [3.63, 3.8) is 0 Å². The summed E-state index contributed by atoms with van der Waals surface area (Å²) in [6.07, 6.45) is 1.86. The number of rotatable bonds is 2. The van der Waals surface area contributed by atoms with Crippen molar-refractivity contribution in [3.05, 3.63) is 41.0 Å². The summed E-state index contributed by atoms with van der Waals surface area (Å²) >= 11 is 0. The first-order valence-corrected chi connectivity index (χ1v) is 9.54. The van der Waals surface area contributed by atoms with Crippen LogP contribution in [0.3, 0.4) is 0 Å². The summed E-state index contributed by atoms with van der Waals surface area (Å²) in [5, 5.41) is 24.0. The second-order valence-corrected chi connectivity index (χ2v) is 7.29. The molecular formula is C20H22N10. The predicted molar refractivity (Wildman–Crippen MR) is 116 cm³/mol. The average Bonchev–Trinajstić information content (AvgIpc) is 2.74. The highest BCUT2D eigenvalue weighted by molar-refractivity contribution is 5.98. The minimum Gasteiger partial charge on any atom is -0.397 e. The fourth-order valence-corrected chi connectivity index (χ4v) is 3.78. The van der Waals surface area contributed by atoms with E-state index in [4.69, 9.17) is 16.7 Å². The molecule has 2 aliphatic heterocycles. The number of nitrogens with two attached hydrogens (primary N) is 2. The monoisotopic (exact) mass is 402 g/mol. The first-order valence-electron chi connectivity index (χ1n) is 9.54. The first-order chi connectivity index (χ1) is 14.5. The lowest BCUT2D eigenvalue weighted by Crippen LogP contribution is -2.44. The first kappa shape index (κ1) is 19.3. The van der Waals surface area contributed by atoms with Gasteiger partial charge in [-0.3, -0.25) is 5.32 Å². The second-order valence-electron chi connectivity index (χ2n) is 7.29. The molecule has 3 heterocycles. The summed E-state index contributed by atoms with van der Waals surface area (Å²) in [5.41, 5.74) is 15.1. The fraction of sp³-hybridized carbons (Fsp3) is 0.300. The molecule has 4 rings (SSSR count). The lowest BCUT2D eigenvalue weighted by molar-refractivity contribution is 0.313. The van der Waals surface area contributed by atoms with Gasteiger partial charge in [0.2, 0.25) is 5.96 Å². The Hall–Kier alpha value is -4.02. The quantitative estimate of drug-likeness (QED) is 0.422. The molecule has 1 fully saturated rings. The molecule has 0 bridgehead atoms. The van der Waals surface area contributed by atoms with Crippen LogP contribution in [0.2, 0.25) is 0 Å². The van der Waals surface area contributed by atoms with Gasteiger partial charge in [0.15, 0.2) is 6.19 Å². The normalized spacial score (nSPS) is 18.4. The number of nitrogen functional groups attached to an aromatic ring is 2. The number of likely N-dealkylation sites (N-methyl/N-ethyl adjacent to an activating group) is 1. The molecule has 0 spiro atoms. The number of hydrogen-bond acceptors (Lipinski definition) is 10. The summed E-state index contributed by atoms with van der Waals surface area (Å²) in [6, 6.07) is 9.55. The zero-order valence-corrected chi connectivity index (χ0v) is 16.6. The Labute approximate surface area is 174 Å². The smallest absolute Gasteiger partial charge is 0.211 e. The Morgan fingerprint density at radius 1 is 1.20 bits per heavy atom. The number of guanidine groups is 1. The van der Waals surface area contributed by atoms with E-state index in [9.17, 15) is 5.26 Å². The molecule has 1 aromatic carbocycles. The Kier molecular flexibility index (Phi) is 5.00. The van der Waals surface area contributed by atoms with Crippen LogP contribution in [0.15, 0.2) is 29.3 Å². The molecule has 2 aliphatic rings. The highest BCUT2D eigenvalue weighted by Gasteiger charge is 2.30. The van der Waals surface area contributed by atoms with Crippen LogP contribution in [-0.2, 0) is 0 Å². The standard InChI is InChI=1S/C20H22N10/c1-29-5-7-30(8-6-29)13-4-2-3-12(9-13)17-15-16(23)14(10-21)18(24)27-19(15)28-20(26-17)25-11-22/h2-4,9,17H,5-8H2,1H3,(H6,23,24,25,26,27,28). The molecule has 10 nitrogen and oxygen atoms in total. The van der Waals surface area contributed by atoms with Crippen molar-refractivity contribution in [2.24, 2.45) is 4.99 Å². The number of benzene rings is 1. The van der Waals surface area contributed by atoms with Crippen LogP contribution < -0.4 is 27.0 Å². The van der Waals surface area contributed by atoms with Gasteiger partial charge in [0.1, 0.15) is 29.3 Å². The van der Waals surface area contributed by atoms with Gasteiger partial charge in [0.05, 0.1) is 5.69 Å². The third-order valence-electron chi connectivity index (χ3n) is 5.41. The third-order valence-corrected chi connectivity index (χ3v) is 5.41. The van der Waals surface area contributed by atoms with Gasteiger partial charge >= 0.3 is 0 Å². The predicted octanol–water partition coefficient (Wildman–Crippen LogP) is 0.811. The van der Waals surface area contributed by atoms with Gasteiger partial charge in [0, 0.05) is 37.4 Å². The third kappa shape index (κ3) is 3.41. The molecular weight excluding hydrogens is 380 g/mol. The van der Waals surface area contributed by atoms with Gasteiger partial charge in [-0.2, -0.15) is 10.5 Å². The summed E-state index contributed by atoms with van der Waals surface area (Å²) in [5.74, 6) is 0.659. The Morgan fingerprint density at radius 2 is 1.97 bits per heavy atom. The Bertz CT molecular complexity index is 1090. The molecule has 1 unspecified atom stereocenters. The topological polar surface area (TPSA) is 155 Å². The number of aliphatic imine (C=N–C) groups is 1. The number of hydrogen-bond donors (Lipinski definition) is 4. The van der Waals surface area contributed by atoms with Crippen LogP contribution in [0, 0.1) is 22.8 Å². The van der Waals surface area contributed by atoms with Gasteiger partial charge in [-0.15, -0.1) is 0 Å². The molecule has 6 N–H and O–H groups in total. The lowest BCUT2D eigenvalue weighted by atomic mass is 9.94. The van der Waals surface area contributed by atoms with Crippen molar-refractivity contribution in [2.75, 3.05) is 54.9 Å². The number of nitrogens with zero attached hydrogens (tertiary/aromatic N) is 6. The highest BCUT2D eigenvalue weighted by Crippen LogP contribution is 2.41. The number of pyridine rings is 1. The van der Waals surface area contributed by atoms with Gasteiger partial charge in [-0.1, -0.05) is 12.1 Å². The van der Waals surface area contributed by atoms with Crippen LogP contribution in [0.25, 0.3) is 0 Å². The van der Waals surface area contributed by atoms with E-state index < -0.39 is 6.04 Å². The lowest BCUT2D eigenvalue weighted by Gasteiger charge is -2.34. The molecule has 152 valence electrons. The minimum atomic E-state index is -0.537. The molecule has 1 atom stereocenters. The van der Waals surface area contributed by atoms with Crippen LogP contribution in [-0.4, -0.2) is 49.1 Å². The maximum Gasteiger partial charge on any atom is 0.211 e. The number of fused-ring (bicyclic) bond motifs is 1. The largest absolute Gasteiger partial charge is 0.397 e. The van der Waals surface area contributed by atoms with Gasteiger partial charge in [-0.25, -0.2) is 9.98 Å². The number of nitrogens with one attached hydrogen (secondary N) is 2. The number of aromatic nitrogens is 1. The summed E-state index contributed by atoms with van der Waals surface area (Å²) in [7, 11) is 2.12. The number of piperazine rings is 1. The van der Waals surface area contributed by atoms with Crippen molar-refractivity contribution in [2.45, 2.75) is 6.04 Å². The zero-order chi connectivity index (χ0) is 21.3. The number of anilines is 4. The summed E-state index contributed by atoms with van der Waals surface area (Å²) in [4.78, 5) is 13.5. The highest BCUT2D eigenvalue weighted by atomic mass is 15.3. The van der Waals surface area contributed by atoms with Crippen LogP contribution >= 0.6 is 0 Å². The zero-order valence-electron chi connectivity index (χ0n) is 16.6. The molecule has 30 heavy (non-hydrogen) atoms. The van der Waals surface area contributed by atoms with Gasteiger partial charge < -0.3 is 26.6 Å². The molecule has 10 heteroatoms. The Morgan fingerprint density at radius 3 is 2.67 bits per heavy atom. The molecule has 1 saturated heterocycles. The molecule has 1 aromatic heterocycles. The van der Waals surface area contributed by atoms with Gasteiger partial charge in [-0.05, 0) is 24.7 Å². The maximum atomic E-state index is 9.46. The summed E-state index contributed by atoms with van der Waals surface area (Å²) in [6.45, 7) is 3.87. The van der Waals surface area contributed by atoms with E-state index in [1.807, 2.05) is 24.4 Å². The van der Waals surface area contributed by atoms with E-state index in [1.165, 1.54) is 0 Å². The molecule has 0 amide bonds. The van der Waals surface area contributed by atoms with Crippen molar-refractivity contribution in [3.8, 4) is 12.3 Å². The van der Waals surface area contributed by atoms with Crippen molar-refractivity contribution < 1.29 is 0 Å². The number of nitriles is 2. The van der Waals surface area contributed by atoms with Gasteiger partial charge in [0.25, 0.3) is 0 Å². The van der Waals surface area contributed by atoms with Crippen molar-refractivity contribution in [1.29, 1.82) is 10.5 Å². The summed E-state index contributed by atoms with van der Waals surface area (Å²) < 4.78 is 0. The van der Waals surface area contributed by atoms with E-state index in [0.29, 0.717) is 11.4 Å². The molecule has 2 aromatic rings. The van der Waals surface area contributed by atoms with Crippen LogP contribution in [0.4, 0.5) is 23.0 Å². The minimum absolute atomic E-state index is 0.0318.